The number of rotatable bonds is 9. The number of hydrogen-bond acceptors (Lipinski definition) is 0. The Labute approximate surface area is 443 Å². The fraction of sp³-hybridized carbons (Fsp3) is 0.0137. The number of hydrogen-bond donors (Lipinski definition) is 0. The van der Waals surface area contributed by atoms with Crippen molar-refractivity contribution in [1.82, 2.24) is 9.13 Å². The highest BCUT2D eigenvalue weighted by molar-refractivity contribution is 7.19. The molecule has 0 aliphatic heterocycles. The normalized spacial score (nSPS) is 12.8. The molecule has 0 atom stereocenters. The molecule has 15 rings (SSSR count). The van der Waals surface area contributed by atoms with Crippen LogP contribution >= 0.6 is 0 Å². The average molecular weight is 983 g/mol. The van der Waals surface area contributed by atoms with Crippen LogP contribution in [0, 0.1) is 0 Å². The molecule has 0 fully saturated rings. The predicted molar refractivity (Wildman–Crippen MR) is 321 cm³/mol. The van der Waals surface area contributed by atoms with Gasteiger partial charge < -0.3 is 9.13 Å². The number of benzene rings is 12. The molecule has 2 aromatic heterocycles. The molecule has 76 heavy (non-hydrogen) atoms. The lowest BCUT2D eigenvalue weighted by Gasteiger charge is -2.34. The summed E-state index contributed by atoms with van der Waals surface area (Å²) in [7, 11) is -2.85. The SMILES string of the molecule is c1ccc(C2(c3ccccc3)c3ccccc3-c3c(-c4ccc5c6ccccc6n(-c6cccc7c8ccccc8n(-c8cccc([Si](c9ccccc9)(c9ccccc9)c9ccccc9)c8)c67)c5c4)cccc32)cc1. The topological polar surface area (TPSA) is 9.86 Å². The summed E-state index contributed by atoms with van der Waals surface area (Å²) in [6.07, 6.45) is 0. The number of fused-ring (bicyclic) bond motifs is 9. The van der Waals surface area contributed by atoms with Crippen LogP contribution < -0.4 is 20.7 Å². The van der Waals surface area contributed by atoms with Crippen molar-refractivity contribution in [2.45, 2.75) is 5.41 Å². The van der Waals surface area contributed by atoms with Gasteiger partial charge in [0, 0.05) is 27.2 Å². The van der Waals surface area contributed by atoms with E-state index in [0.29, 0.717) is 0 Å². The van der Waals surface area contributed by atoms with Crippen LogP contribution in [0.1, 0.15) is 22.3 Å². The van der Waals surface area contributed by atoms with Crippen molar-refractivity contribution in [3.8, 4) is 33.6 Å². The molecule has 3 heteroatoms. The first-order valence-electron chi connectivity index (χ1n) is 26.4. The second-order valence-electron chi connectivity index (χ2n) is 20.3. The molecule has 2 heterocycles. The van der Waals surface area contributed by atoms with E-state index in [9.17, 15) is 0 Å². The molecule has 1 aliphatic carbocycles. The van der Waals surface area contributed by atoms with Gasteiger partial charge in [0.1, 0.15) is 0 Å². The predicted octanol–water partition coefficient (Wildman–Crippen LogP) is 15.3. The van der Waals surface area contributed by atoms with E-state index in [1.165, 1.54) is 109 Å². The number of aromatic nitrogens is 2. The highest BCUT2D eigenvalue weighted by Gasteiger charge is 2.47. The van der Waals surface area contributed by atoms with Crippen molar-refractivity contribution in [2.75, 3.05) is 0 Å². The molecule has 14 aromatic rings. The molecule has 0 saturated heterocycles. The first-order valence-corrected chi connectivity index (χ1v) is 28.4. The maximum atomic E-state index is 2.54. The van der Waals surface area contributed by atoms with Crippen molar-refractivity contribution in [2.24, 2.45) is 0 Å². The number of para-hydroxylation sites is 3. The van der Waals surface area contributed by atoms with Crippen molar-refractivity contribution >= 4 is 72.4 Å². The van der Waals surface area contributed by atoms with Gasteiger partial charge in [0.05, 0.1) is 33.2 Å². The van der Waals surface area contributed by atoms with Crippen molar-refractivity contribution < 1.29 is 0 Å². The Morgan fingerprint density at radius 3 is 1.39 bits per heavy atom. The zero-order valence-electron chi connectivity index (χ0n) is 41.8. The fourth-order valence-electron chi connectivity index (χ4n) is 13.5. The summed E-state index contributed by atoms with van der Waals surface area (Å²) in [6, 6.07) is 114. The summed E-state index contributed by atoms with van der Waals surface area (Å²) in [6.45, 7) is 0. The molecular formula is C73H50N2Si. The van der Waals surface area contributed by atoms with Gasteiger partial charge in [-0.25, -0.2) is 0 Å². The minimum absolute atomic E-state index is 0.491. The summed E-state index contributed by atoms with van der Waals surface area (Å²) in [5.74, 6) is 0. The fourth-order valence-corrected chi connectivity index (χ4v) is 18.3. The zero-order chi connectivity index (χ0) is 50.2. The maximum Gasteiger partial charge on any atom is 0.179 e. The minimum Gasteiger partial charge on any atom is -0.307 e. The summed E-state index contributed by atoms with van der Waals surface area (Å²) >= 11 is 0. The van der Waals surface area contributed by atoms with Gasteiger partial charge in [0.25, 0.3) is 0 Å². The van der Waals surface area contributed by atoms with E-state index in [1.54, 1.807) is 0 Å². The average Bonchev–Trinajstić information content (AvgIpc) is 4.30. The summed E-state index contributed by atoms with van der Waals surface area (Å²) in [5.41, 5.74) is 16.6. The van der Waals surface area contributed by atoms with Crippen molar-refractivity contribution in [1.29, 1.82) is 0 Å². The van der Waals surface area contributed by atoms with Crippen molar-refractivity contribution in [3.05, 3.63) is 326 Å². The van der Waals surface area contributed by atoms with E-state index in [1.807, 2.05) is 0 Å². The van der Waals surface area contributed by atoms with Crippen LogP contribution in [0.5, 0.6) is 0 Å². The third-order valence-electron chi connectivity index (χ3n) is 16.5. The maximum absolute atomic E-state index is 2.85. The first-order chi connectivity index (χ1) is 37.7. The smallest absolute Gasteiger partial charge is 0.179 e. The van der Waals surface area contributed by atoms with Crippen LogP contribution in [0.4, 0.5) is 0 Å². The molecule has 12 aromatic carbocycles. The molecule has 0 radical (unpaired) electrons. The third-order valence-corrected chi connectivity index (χ3v) is 21.3. The molecule has 0 spiro atoms. The van der Waals surface area contributed by atoms with Crippen LogP contribution in [0.25, 0.3) is 77.2 Å². The van der Waals surface area contributed by atoms with Gasteiger partial charge in [-0.2, -0.15) is 0 Å². The van der Waals surface area contributed by atoms with Crippen LogP contribution in [-0.2, 0) is 5.41 Å². The van der Waals surface area contributed by atoms with Gasteiger partial charge in [-0.3, -0.25) is 0 Å². The third kappa shape index (κ3) is 6.33. The lowest BCUT2D eigenvalue weighted by Crippen LogP contribution is -2.74. The van der Waals surface area contributed by atoms with Crippen LogP contribution in [0.2, 0.25) is 0 Å². The number of nitrogens with zero attached hydrogens (tertiary/aromatic N) is 2. The first kappa shape index (κ1) is 44.0. The minimum atomic E-state index is -2.85. The van der Waals surface area contributed by atoms with E-state index < -0.39 is 13.5 Å². The molecule has 0 saturated carbocycles. The van der Waals surface area contributed by atoms with E-state index in [4.69, 9.17) is 0 Å². The molecule has 0 unspecified atom stereocenters. The lowest BCUT2D eigenvalue weighted by atomic mass is 9.67. The van der Waals surface area contributed by atoms with Gasteiger partial charge in [-0.15, -0.1) is 0 Å². The zero-order valence-corrected chi connectivity index (χ0v) is 42.8. The second-order valence-corrected chi connectivity index (χ2v) is 24.1. The molecule has 356 valence electrons. The molecule has 0 N–H and O–H groups in total. The Balaban J connectivity index is 0.990. The Hall–Kier alpha value is -9.54. The van der Waals surface area contributed by atoms with Gasteiger partial charge in [-0.05, 0) is 102 Å². The van der Waals surface area contributed by atoms with Gasteiger partial charge in [-0.1, -0.05) is 267 Å². The molecule has 0 bridgehead atoms. The Morgan fingerprint density at radius 1 is 0.289 bits per heavy atom. The lowest BCUT2D eigenvalue weighted by molar-refractivity contribution is 0.768. The van der Waals surface area contributed by atoms with E-state index in [0.717, 1.165) is 11.4 Å². The summed E-state index contributed by atoms with van der Waals surface area (Å²) in [5, 5.41) is 10.3. The Bertz CT molecular complexity index is 4360. The molecule has 2 nitrogen and oxygen atoms in total. The Kier molecular flexibility index (Phi) is 10.2. The van der Waals surface area contributed by atoms with Crippen molar-refractivity contribution in [3.63, 3.8) is 0 Å². The highest BCUT2D eigenvalue weighted by atomic mass is 28.3. The highest BCUT2D eigenvalue weighted by Crippen LogP contribution is 2.58. The van der Waals surface area contributed by atoms with Crippen LogP contribution in [-0.4, -0.2) is 17.2 Å². The standard InChI is InChI=1S/C73H50N2Si/c1-6-25-52(26-7-1)73(53-27-8-2-9-28-53)65-42-19-16-39-64(65)71-59(40-23-43-66(71)73)51-47-48-62-60-37-17-21-45-68(60)75(70(62)49-51)69-46-24-41-63-61-38-18-20-44-67(61)74(72(63)69)54-29-22-36-58(50-54)76(55-30-10-3-11-31-55,56-32-12-4-13-33-56)57-34-14-5-15-35-57/h1-50H. The van der Waals surface area contributed by atoms with E-state index >= 15 is 0 Å². The Morgan fingerprint density at radius 2 is 0.750 bits per heavy atom. The van der Waals surface area contributed by atoms with Gasteiger partial charge in [0.2, 0.25) is 0 Å². The van der Waals surface area contributed by atoms with Gasteiger partial charge >= 0.3 is 0 Å². The second kappa shape index (κ2) is 17.6. The largest absolute Gasteiger partial charge is 0.307 e. The van der Waals surface area contributed by atoms with Crippen LogP contribution in [0.15, 0.2) is 303 Å². The van der Waals surface area contributed by atoms with E-state index in [2.05, 4.69) is 312 Å². The monoisotopic (exact) mass is 982 g/mol. The molecule has 1 aliphatic rings. The quantitative estimate of drug-likeness (QED) is 0.101. The molecular weight excluding hydrogens is 933 g/mol. The van der Waals surface area contributed by atoms with Gasteiger partial charge in [0.15, 0.2) is 8.07 Å². The van der Waals surface area contributed by atoms with Crippen LogP contribution in [0.3, 0.4) is 0 Å². The summed E-state index contributed by atoms with van der Waals surface area (Å²) in [4.78, 5) is 0. The summed E-state index contributed by atoms with van der Waals surface area (Å²) < 4.78 is 5.09. The van der Waals surface area contributed by atoms with E-state index in [-0.39, 0.29) is 0 Å². The molecule has 0 amide bonds.